The van der Waals surface area contributed by atoms with Crippen molar-refractivity contribution in [2.45, 2.75) is 76.2 Å². The smallest absolute Gasteiger partial charge is 0.246 e. The van der Waals surface area contributed by atoms with Gasteiger partial charge >= 0.3 is 0 Å². The second-order valence-corrected chi connectivity index (χ2v) is 12.2. The van der Waals surface area contributed by atoms with Gasteiger partial charge in [0.1, 0.15) is 23.1 Å². The summed E-state index contributed by atoms with van der Waals surface area (Å²) in [6, 6.07) is 16.0. The second kappa shape index (κ2) is 11.3. The molecule has 2 saturated heterocycles. The van der Waals surface area contributed by atoms with Crippen LogP contribution in [0.5, 0.6) is 11.5 Å². The molecule has 8 nitrogen and oxygen atoms in total. The van der Waals surface area contributed by atoms with Crippen molar-refractivity contribution in [3.8, 4) is 11.5 Å². The molecule has 4 aliphatic rings. The predicted molar refractivity (Wildman–Crippen MR) is 155 cm³/mol. The molecular formula is C33H39N3O5. The Morgan fingerprint density at radius 3 is 2.41 bits per heavy atom. The maximum atomic E-state index is 14.0. The molecule has 3 heterocycles. The van der Waals surface area contributed by atoms with E-state index >= 15 is 0 Å². The van der Waals surface area contributed by atoms with Crippen molar-refractivity contribution in [1.29, 1.82) is 0 Å². The van der Waals surface area contributed by atoms with Gasteiger partial charge in [0, 0.05) is 18.3 Å². The zero-order valence-electron chi connectivity index (χ0n) is 23.8. The molecule has 0 aromatic heterocycles. The molecule has 3 aliphatic heterocycles. The monoisotopic (exact) mass is 557 g/mol. The number of benzene rings is 2. The number of nitrogens with zero attached hydrogens (tertiary/aromatic N) is 1. The van der Waals surface area contributed by atoms with Crippen molar-refractivity contribution >= 4 is 23.4 Å². The highest BCUT2D eigenvalue weighted by Gasteiger charge is 2.72. The molecule has 2 aromatic carbocycles. The Morgan fingerprint density at radius 1 is 1.00 bits per heavy atom. The van der Waals surface area contributed by atoms with Gasteiger partial charge < -0.3 is 25.0 Å². The van der Waals surface area contributed by atoms with Gasteiger partial charge in [0.25, 0.3) is 0 Å². The molecular weight excluding hydrogens is 518 g/mol. The van der Waals surface area contributed by atoms with Crippen molar-refractivity contribution in [2.75, 3.05) is 11.9 Å². The van der Waals surface area contributed by atoms with E-state index < -0.39 is 29.6 Å². The number of hydrogen-bond acceptors (Lipinski definition) is 5. The Kier molecular flexibility index (Phi) is 7.60. The minimum atomic E-state index is -1.13. The van der Waals surface area contributed by atoms with Gasteiger partial charge in [-0.1, -0.05) is 63.5 Å². The normalized spacial score (nSPS) is 28.7. The summed E-state index contributed by atoms with van der Waals surface area (Å²) in [5, 5.41) is 6.22. The van der Waals surface area contributed by atoms with Gasteiger partial charge in [0.2, 0.25) is 17.7 Å². The van der Waals surface area contributed by atoms with E-state index in [-0.39, 0.29) is 23.8 Å². The maximum absolute atomic E-state index is 14.0. The molecule has 0 unspecified atom stereocenters. The fourth-order valence-electron chi connectivity index (χ4n) is 6.89. The standard InChI is InChI=1S/C33H39N3O5/c1-21(2)18-20-36-29(31(38)35-22-9-5-3-6-10-22)33-19-17-26(41-33)27(28(33)32(36)39)30(37)34-23-13-15-25(16-14-23)40-24-11-7-4-8-12-24/h4,7-8,11-17,19,21-22,26-29H,3,5-6,9-10,18,20H2,1-2H3,(H,34,37)(H,35,38)/t26-,27-,28-,29-,33+/m1/s1. The number of fused-ring (bicyclic) bond motifs is 1. The van der Waals surface area contributed by atoms with E-state index in [1.165, 1.54) is 6.42 Å². The van der Waals surface area contributed by atoms with E-state index in [0.29, 0.717) is 23.9 Å². The number of nitrogens with one attached hydrogen (secondary N) is 2. The summed E-state index contributed by atoms with van der Waals surface area (Å²) in [6.07, 6.45) is 9.23. The molecule has 2 N–H and O–H groups in total. The lowest BCUT2D eigenvalue weighted by atomic mass is 9.74. The van der Waals surface area contributed by atoms with Crippen molar-refractivity contribution in [3.63, 3.8) is 0 Å². The summed E-state index contributed by atoms with van der Waals surface area (Å²) >= 11 is 0. The van der Waals surface area contributed by atoms with Crippen LogP contribution in [0.25, 0.3) is 0 Å². The van der Waals surface area contributed by atoms with Gasteiger partial charge in [-0.3, -0.25) is 14.4 Å². The van der Waals surface area contributed by atoms with Crippen LogP contribution in [0.1, 0.15) is 52.4 Å². The van der Waals surface area contributed by atoms with Crippen LogP contribution in [0.2, 0.25) is 0 Å². The number of carbonyl (C=O) groups excluding carboxylic acids is 3. The first-order chi connectivity index (χ1) is 19.9. The van der Waals surface area contributed by atoms with Crippen molar-refractivity contribution in [3.05, 3.63) is 66.7 Å². The van der Waals surface area contributed by atoms with Gasteiger partial charge in [-0.25, -0.2) is 0 Å². The van der Waals surface area contributed by atoms with E-state index in [0.717, 1.165) is 37.9 Å². The zero-order chi connectivity index (χ0) is 28.6. The van der Waals surface area contributed by atoms with Gasteiger partial charge in [0.05, 0.1) is 17.9 Å². The van der Waals surface area contributed by atoms with Crippen LogP contribution in [0.15, 0.2) is 66.7 Å². The minimum absolute atomic E-state index is 0.115. The van der Waals surface area contributed by atoms with Crippen LogP contribution in [0.3, 0.4) is 0 Å². The van der Waals surface area contributed by atoms with E-state index in [1.807, 2.05) is 42.5 Å². The fourth-order valence-corrected chi connectivity index (χ4v) is 6.89. The fraction of sp³-hybridized carbons (Fsp3) is 0.485. The second-order valence-electron chi connectivity index (χ2n) is 12.2. The largest absolute Gasteiger partial charge is 0.457 e. The first-order valence-corrected chi connectivity index (χ1v) is 15.0. The third-order valence-corrected chi connectivity index (χ3v) is 8.92. The predicted octanol–water partition coefficient (Wildman–Crippen LogP) is 5.06. The summed E-state index contributed by atoms with van der Waals surface area (Å²) in [5.74, 6) is -0.349. The lowest BCUT2D eigenvalue weighted by Crippen LogP contribution is -2.56. The average molecular weight is 558 g/mol. The van der Waals surface area contributed by atoms with Crippen LogP contribution >= 0.6 is 0 Å². The Bertz CT molecular complexity index is 1300. The first-order valence-electron chi connectivity index (χ1n) is 15.0. The molecule has 3 amide bonds. The number of carbonyl (C=O) groups is 3. The Hall–Kier alpha value is -3.65. The van der Waals surface area contributed by atoms with Crippen LogP contribution in [-0.2, 0) is 19.1 Å². The summed E-state index contributed by atoms with van der Waals surface area (Å²) in [7, 11) is 0. The van der Waals surface area contributed by atoms with Gasteiger partial charge in [-0.2, -0.15) is 0 Å². The molecule has 216 valence electrons. The molecule has 1 aliphatic carbocycles. The highest BCUT2D eigenvalue weighted by Crippen LogP contribution is 2.55. The topological polar surface area (TPSA) is 97.0 Å². The van der Waals surface area contributed by atoms with Gasteiger partial charge in [-0.15, -0.1) is 0 Å². The van der Waals surface area contributed by atoms with Gasteiger partial charge in [0.15, 0.2) is 0 Å². The van der Waals surface area contributed by atoms with Crippen LogP contribution in [-0.4, -0.2) is 53.0 Å². The highest BCUT2D eigenvalue weighted by molar-refractivity contribution is 6.02. The third-order valence-electron chi connectivity index (χ3n) is 8.92. The number of rotatable bonds is 9. The van der Waals surface area contributed by atoms with Crippen LogP contribution in [0, 0.1) is 17.8 Å². The lowest BCUT2D eigenvalue weighted by molar-refractivity contribution is -0.141. The van der Waals surface area contributed by atoms with E-state index in [1.54, 1.807) is 29.2 Å². The summed E-state index contributed by atoms with van der Waals surface area (Å²) < 4.78 is 12.3. The van der Waals surface area contributed by atoms with E-state index in [9.17, 15) is 14.4 Å². The first kappa shape index (κ1) is 27.5. The molecule has 2 aromatic rings. The van der Waals surface area contributed by atoms with Crippen LogP contribution < -0.4 is 15.4 Å². The van der Waals surface area contributed by atoms with Gasteiger partial charge in [-0.05, 0) is 61.6 Å². The maximum Gasteiger partial charge on any atom is 0.246 e. The molecule has 0 radical (unpaired) electrons. The Labute approximate surface area is 241 Å². The number of amides is 3. The minimum Gasteiger partial charge on any atom is -0.457 e. The number of para-hydroxylation sites is 1. The molecule has 2 bridgehead atoms. The average Bonchev–Trinajstić information content (AvgIpc) is 3.61. The molecule has 8 heteroatoms. The zero-order valence-corrected chi connectivity index (χ0v) is 23.8. The summed E-state index contributed by atoms with van der Waals surface area (Å²) in [5.41, 5.74) is -0.530. The third kappa shape index (κ3) is 5.25. The van der Waals surface area contributed by atoms with Crippen molar-refractivity contribution in [2.24, 2.45) is 17.8 Å². The molecule has 5 atom stereocenters. The SMILES string of the molecule is CC(C)CCN1C(=O)[C@H]2[C@H](C(=O)Nc3ccc(Oc4ccccc4)cc3)[C@H]3C=C[C@@]2(O3)[C@H]1C(=O)NC1CCCCC1. The van der Waals surface area contributed by atoms with E-state index in [4.69, 9.17) is 9.47 Å². The van der Waals surface area contributed by atoms with Crippen LogP contribution in [0.4, 0.5) is 5.69 Å². The molecule has 3 fully saturated rings. The van der Waals surface area contributed by atoms with Crippen molar-refractivity contribution in [1.82, 2.24) is 10.2 Å². The number of anilines is 1. The Morgan fingerprint density at radius 2 is 1.71 bits per heavy atom. The summed E-state index contributed by atoms with van der Waals surface area (Å²) in [6.45, 7) is 4.66. The summed E-state index contributed by atoms with van der Waals surface area (Å²) in [4.78, 5) is 43.2. The molecule has 6 rings (SSSR count). The number of hydrogen-bond donors (Lipinski definition) is 2. The molecule has 1 spiro atoms. The number of likely N-dealkylation sites (tertiary alicyclic amines) is 1. The Balaban J connectivity index is 1.20. The molecule has 1 saturated carbocycles. The molecule has 41 heavy (non-hydrogen) atoms. The quantitative estimate of drug-likeness (QED) is 0.420. The van der Waals surface area contributed by atoms with Crippen molar-refractivity contribution < 1.29 is 23.9 Å². The van der Waals surface area contributed by atoms with E-state index in [2.05, 4.69) is 24.5 Å². The highest BCUT2D eigenvalue weighted by atomic mass is 16.5. The number of ether oxygens (including phenoxy) is 2. The lowest BCUT2D eigenvalue weighted by Gasteiger charge is -2.34.